The van der Waals surface area contributed by atoms with Crippen molar-refractivity contribution in [1.82, 2.24) is 9.97 Å². The van der Waals surface area contributed by atoms with Crippen LogP contribution in [0.2, 0.25) is 0 Å². The van der Waals surface area contributed by atoms with Crippen LogP contribution in [-0.4, -0.2) is 16.7 Å². The van der Waals surface area contributed by atoms with Gasteiger partial charge in [0.15, 0.2) is 5.58 Å². The van der Waals surface area contributed by atoms with E-state index in [9.17, 15) is 0 Å². The summed E-state index contributed by atoms with van der Waals surface area (Å²) in [6.45, 7) is 8.69. The number of oxazole rings is 1. The summed E-state index contributed by atoms with van der Waals surface area (Å²) in [5.41, 5.74) is 17.9. The van der Waals surface area contributed by atoms with Gasteiger partial charge in [-0.1, -0.05) is 66.7 Å². The molecule has 0 spiro atoms. The van der Waals surface area contributed by atoms with E-state index in [0.717, 1.165) is 50.6 Å². The molecule has 2 aromatic heterocycles. The lowest BCUT2D eigenvalue weighted by Crippen LogP contribution is -2.61. The van der Waals surface area contributed by atoms with Crippen molar-refractivity contribution in [2.24, 2.45) is 0 Å². The molecule has 53 heavy (non-hydrogen) atoms. The lowest BCUT2D eigenvalue weighted by atomic mass is 9.33. The Labute approximate surface area is 309 Å². The summed E-state index contributed by atoms with van der Waals surface area (Å²) in [6.07, 6.45) is 1.76. The Balaban J connectivity index is 1.28. The van der Waals surface area contributed by atoms with Crippen molar-refractivity contribution in [2.45, 2.75) is 27.7 Å². The fraction of sp³-hybridized carbons (Fsp3) is 0.0870. The summed E-state index contributed by atoms with van der Waals surface area (Å²) in [5.74, 6) is 1.89. The SMILES string of the molecule is Cc1cccc(C)c1N1c2ccc(Oc3ccccn3)cc2B2c3cc(-c4nc5ccccc5o4)ccc3N(c3c(C)cccc3C)c3cccc1c32. The van der Waals surface area contributed by atoms with Crippen molar-refractivity contribution < 1.29 is 9.15 Å². The lowest BCUT2D eigenvalue weighted by molar-refractivity contribution is 0.463. The second-order valence-electron chi connectivity index (χ2n) is 14.0. The Morgan fingerprint density at radius 3 is 1.81 bits per heavy atom. The molecule has 0 N–H and O–H groups in total. The van der Waals surface area contributed by atoms with Crippen molar-refractivity contribution >= 4 is 68.3 Å². The topological polar surface area (TPSA) is 54.6 Å². The standard InChI is InChI=1S/C46H35BN4O2/c1-28-12-9-13-29(2)44(28)50-37-23-21-32(46-49-36-16-5-6-19-41(36)53-46)26-34(37)47-35-27-33(52-42-20-7-8-25-48-42)22-24-38(35)51(40-18-11-17-39(50)43(40)47)45-30(3)14-10-15-31(45)4/h5-27H,1-4H3. The number of nitrogens with zero attached hydrogens (tertiary/aromatic N) is 4. The maximum atomic E-state index is 6.43. The van der Waals surface area contributed by atoms with Gasteiger partial charge in [0, 0.05) is 40.6 Å². The minimum Gasteiger partial charge on any atom is -0.439 e. The first-order chi connectivity index (χ1) is 25.9. The third kappa shape index (κ3) is 4.88. The van der Waals surface area contributed by atoms with Gasteiger partial charge in [0.2, 0.25) is 11.8 Å². The zero-order chi connectivity index (χ0) is 35.8. The number of pyridine rings is 1. The van der Waals surface area contributed by atoms with Crippen LogP contribution in [0, 0.1) is 27.7 Å². The number of anilines is 6. The summed E-state index contributed by atoms with van der Waals surface area (Å²) in [4.78, 5) is 14.3. The van der Waals surface area contributed by atoms with E-state index in [4.69, 9.17) is 14.1 Å². The summed E-state index contributed by atoms with van der Waals surface area (Å²) < 4.78 is 12.8. The molecule has 6 aromatic carbocycles. The van der Waals surface area contributed by atoms with Crippen molar-refractivity contribution in [3.05, 3.63) is 162 Å². The number of aryl methyl sites for hydroxylation is 4. The smallest absolute Gasteiger partial charge is 0.252 e. The average Bonchev–Trinajstić information content (AvgIpc) is 3.61. The first-order valence-corrected chi connectivity index (χ1v) is 18.0. The predicted molar refractivity (Wildman–Crippen MR) is 217 cm³/mol. The zero-order valence-electron chi connectivity index (χ0n) is 30.0. The molecule has 8 aromatic rings. The minimum absolute atomic E-state index is 0.121. The molecular formula is C46H35BN4O2. The molecule has 0 radical (unpaired) electrons. The van der Waals surface area contributed by atoms with E-state index in [1.807, 2.05) is 42.5 Å². The number of hydrogen-bond acceptors (Lipinski definition) is 6. The van der Waals surface area contributed by atoms with E-state index < -0.39 is 0 Å². The van der Waals surface area contributed by atoms with Crippen molar-refractivity contribution in [3.8, 4) is 23.1 Å². The van der Waals surface area contributed by atoms with Crippen LogP contribution >= 0.6 is 0 Å². The van der Waals surface area contributed by atoms with E-state index in [2.05, 4.69) is 133 Å². The van der Waals surface area contributed by atoms with Gasteiger partial charge < -0.3 is 19.0 Å². The van der Waals surface area contributed by atoms with Gasteiger partial charge in [-0.25, -0.2) is 9.97 Å². The van der Waals surface area contributed by atoms with Crippen LogP contribution in [0.1, 0.15) is 22.3 Å². The number of ether oxygens (including phenoxy) is 1. The number of benzene rings is 6. The monoisotopic (exact) mass is 686 g/mol. The number of aromatic nitrogens is 2. The molecule has 254 valence electrons. The average molecular weight is 687 g/mol. The molecule has 0 fully saturated rings. The normalized spacial score (nSPS) is 12.8. The Hall–Kier alpha value is -6.60. The van der Waals surface area contributed by atoms with Gasteiger partial charge in [0.25, 0.3) is 6.71 Å². The summed E-state index contributed by atoms with van der Waals surface area (Å²) >= 11 is 0. The van der Waals surface area contributed by atoms with Gasteiger partial charge in [-0.05, 0) is 127 Å². The number of fused-ring (bicyclic) bond motifs is 5. The van der Waals surface area contributed by atoms with Crippen LogP contribution in [0.4, 0.5) is 34.1 Å². The molecule has 10 rings (SSSR count). The molecule has 0 saturated heterocycles. The third-order valence-electron chi connectivity index (χ3n) is 10.7. The van der Waals surface area contributed by atoms with Gasteiger partial charge in [-0.2, -0.15) is 0 Å². The van der Waals surface area contributed by atoms with Gasteiger partial charge in [0.1, 0.15) is 11.3 Å². The summed E-state index contributed by atoms with van der Waals surface area (Å²) in [6, 6.07) is 46.7. The van der Waals surface area contributed by atoms with Crippen molar-refractivity contribution in [1.29, 1.82) is 0 Å². The molecule has 2 aliphatic heterocycles. The van der Waals surface area contributed by atoms with Gasteiger partial charge in [0.05, 0.1) is 11.4 Å². The lowest BCUT2D eigenvalue weighted by Gasteiger charge is -2.45. The van der Waals surface area contributed by atoms with Crippen LogP contribution in [0.25, 0.3) is 22.6 Å². The van der Waals surface area contributed by atoms with E-state index in [1.165, 1.54) is 44.6 Å². The molecule has 0 unspecified atom stereocenters. The van der Waals surface area contributed by atoms with Crippen molar-refractivity contribution in [2.75, 3.05) is 9.80 Å². The zero-order valence-corrected chi connectivity index (χ0v) is 30.0. The quantitative estimate of drug-likeness (QED) is 0.168. The Morgan fingerprint density at radius 1 is 0.566 bits per heavy atom. The Kier molecular flexibility index (Phi) is 7.05. The van der Waals surface area contributed by atoms with Gasteiger partial charge in [-0.15, -0.1) is 0 Å². The fourth-order valence-corrected chi connectivity index (χ4v) is 8.44. The van der Waals surface area contributed by atoms with E-state index in [-0.39, 0.29) is 6.71 Å². The Bertz CT molecular complexity index is 2650. The molecule has 7 heteroatoms. The van der Waals surface area contributed by atoms with Gasteiger partial charge >= 0.3 is 0 Å². The van der Waals surface area contributed by atoms with Gasteiger partial charge in [-0.3, -0.25) is 0 Å². The number of rotatable bonds is 5. The second kappa shape index (κ2) is 12.0. The molecule has 6 nitrogen and oxygen atoms in total. The maximum Gasteiger partial charge on any atom is 0.252 e. The minimum atomic E-state index is -0.121. The molecule has 4 heterocycles. The largest absolute Gasteiger partial charge is 0.439 e. The highest BCUT2D eigenvalue weighted by atomic mass is 16.5. The van der Waals surface area contributed by atoms with Crippen LogP contribution in [0.3, 0.4) is 0 Å². The maximum absolute atomic E-state index is 6.43. The molecule has 0 atom stereocenters. The molecule has 2 aliphatic rings. The third-order valence-corrected chi connectivity index (χ3v) is 10.7. The van der Waals surface area contributed by atoms with Crippen LogP contribution in [-0.2, 0) is 0 Å². The molecule has 0 amide bonds. The van der Waals surface area contributed by atoms with Crippen LogP contribution in [0.15, 0.2) is 144 Å². The number of hydrogen-bond donors (Lipinski definition) is 0. The molecule has 0 bridgehead atoms. The molecule has 0 aliphatic carbocycles. The second-order valence-corrected chi connectivity index (χ2v) is 14.0. The van der Waals surface area contributed by atoms with E-state index in [0.29, 0.717) is 11.8 Å². The fourth-order valence-electron chi connectivity index (χ4n) is 8.44. The predicted octanol–water partition coefficient (Wildman–Crippen LogP) is 10.00. The highest BCUT2D eigenvalue weighted by molar-refractivity contribution is 7.00. The van der Waals surface area contributed by atoms with E-state index >= 15 is 0 Å². The van der Waals surface area contributed by atoms with E-state index in [1.54, 1.807) is 6.20 Å². The first-order valence-electron chi connectivity index (χ1n) is 18.0. The number of para-hydroxylation sites is 4. The van der Waals surface area contributed by atoms with Crippen LogP contribution < -0.4 is 30.9 Å². The Morgan fingerprint density at radius 2 is 1.17 bits per heavy atom. The first kappa shape index (κ1) is 31.2. The van der Waals surface area contributed by atoms with Crippen LogP contribution in [0.5, 0.6) is 11.6 Å². The molecular weight excluding hydrogens is 651 g/mol. The summed E-state index contributed by atoms with van der Waals surface area (Å²) in [5, 5.41) is 0. The summed E-state index contributed by atoms with van der Waals surface area (Å²) in [7, 11) is 0. The highest BCUT2D eigenvalue weighted by Crippen LogP contribution is 2.47. The molecule has 0 saturated carbocycles. The highest BCUT2D eigenvalue weighted by Gasteiger charge is 2.44. The van der Waals surface area contributed by atoms with Crippen molar-refractivity contribution in [3.63, 3.8) is 0 Å².